The van der Waals surface area contributed by atoms with Crippen LogP contribution < -0.4 is 5.32 Å². The van der Waals surface area contributed by atoms with Crippen LogP contribution in [0.4, 0.5) is 5.69 Å². The molecule has 2 rings (SSSR count). The van der Waals surface area contributed by atoms with Gasteiger partial charge in [0, 0.05) is 11.7 Å². The molecule has 0 atom stereocenters. The van der Waals surface area contributed by atoms with E-state index in [1.165, 1.54) is 10.6 Å². The van der Waals surface area contributed by atoms with Crippen LogP contribution in [0, 0.1) is 6.92 Å². The second-order valence-corrected chi connectivity index (χ2v) is 8.19. The van der Waals surface area contributed by atoms with Gasteiger partial charge >= 0.3 is 0 Å². The molecule has 1 fully saturated rings. The Bertz CT molecular complexity index is 664. The number of anilines is 1. The van der Waals surface area contributed by atoms with Crippen molar-refractivity contribution in [3.8, 4) is 0 Å². The predicted molar refractivity (Wildman–Crippen MR) is 93.0 cm³/mol. The number of hydrogen-bond acceptors (Lipinski definition) is 3. The van der Waals surface area contributed by atoms with Gasteiger partial charge in [-0.3, -0.25) is 4.79 Å². The van der Waals surface area contributed by atoms with E-state index in [1.807, 2.05) is 32.0 Å². The summed E-state index contributed by atoms with van der Waals surface area (Å²) in [5, 5.41) is 2.91. The van der Waals surface area contributed by atoms with Crippen LogP contribution in [0.2, 0.25) is 0 Å². The molecule has 1 aliphatic rings. The maximum absolute atomic E-state index is 12.4. The molecule has 0 spiro atoms. The molecule has 1 aromatic carbocycles. The summed E-state index contributed by atoms with van der Waals surface area (Å²) in [7, 11) is -3.39. The van der Waals surface area contributed by atoms with Crippen LogP contribution in [0.1, 0.15) is 43.7 Å². The van der Waals surface area contributed by atoms with Crippen LogP contribution in [0.3, 0.4) is 0 Å². The molecule has 0 aliphatic heterocycles. The van der Waals surface area contributed by atoms with Crippen LogP contribution >= 0.6 is 0 Å². The smallest absolute Gasteiger partial charge is 0.239 e. The summed E-state index contributed by atoms with van der Waals surface area (Å²) in [5.41, 5.74) is 2.86. The Balaban J connectivity index is 2.14. The molecule has 0 saturated heterocycles. The number of hydrogen-bond donors (Lipinski definition) is 1. The molecule has 1 aliphatic carbocycles. The lowest BCUT2D eigenvalue weighted by Gasteiger charge is -2.26. The van der Waals surface area contributed by atoms with E-state index in [-0.39, 0.29) is 18.5 Å². The third-order valence-electron chi connectivity index (χ3n) is 4.46. The first-order chi connectivity index (χ1) is 10.8. The fraction of sp³-hybridized carbons (Fsp3) is 0.588. The van der Waals surface area contributed by atoms with Crippen LogP contribution in [0.5, 0.6) is 0 Å². The van der Waals surface area contributed by atoms with Crippen molar-refractivity contribution < 1.29 is 13.2 Å². The zero-order valence-corrected chi connectivity index (χ0v) is 14.9. The minimum Gasteiger partial charge on any atom is -0.324 e. The number of amides is 1. The van der Waals surface area contributed by atoms with Crippen molar-refractivity contribution in [2.75, 3.05) is 18.1 Å². The van der Waals surface area contributed by atoms with Gasteiger partial charge in [-0.25, -0.2) is 8.42 Å². The Morgan fingerprint density at radius 3 is 2.52 bits per heavy atom. The number of para-hydroxylation sites is 1. The molecule has 1 aromatic rings. The summed E-state index contributed by atoms with van der Waals surface area (Å²) < 4.78 is 25.4. The molecule has 0 radical (unpaired) electrons. The maximum atomic E-state index is 12.4. The van der Waals surface area contributed by atoms with Crippen molar-refractivity contribution in [3.63, 3.8) is 0 Å². The Morgan fingerprint density at radius 1 is 1.30 bits per heavy atom. The second-order valence-electron chi connectivity index (χ2n) is 6.26. The third-order valence-corrected chi connectivity index (χ3v) is 5.74. The minimum atomic E-state index is -3.39. The Labute approximate surface area is 139 Å². The molecule has 0 heterocycles. The van der Waals surface area contributed by atoms with Gasteiger partial charge in [0.05, 0.1) is 12.8 Å². The lowest BCUT2D eigenvalue weighted by Crippen LogP contribution is -2.43. The van der Waals surface area contributed by atoms with Crippen molar-refractivity contribution in [3.05, 3.63) is 29.3 Å². The average molecular weight is 338 g/mol. The molecule has 6 heteroatoms. The molecule has 23 heavy (non-hydrogen) atoms. The molecular weight excluding hydrogens is 312 g/mol. The number of nitrogens with one attached hydrogen (secondary N) is 1. The molecule has 1 saturated carbocycles. The minimum absolute atomic E-state index is 0.0433. The van der Waals surface area contributed by atoms with Crippen LogP contribution in [-0.2, 0) is 21.2 Å². The lowest BCUT2D eigenvalue weighted by atomic mass is 10.1. The van der Waals surface area contributed by atoms with E-state index in [0.717, 1.165) is 48.9 Å². The first-order valence-corrected chi connectivity index (χ1v) is 10.0. The summed E-state index contributed by atoms with van der Waals surface area (Å²) in [6.45, 7) is 3.87. The first-order valence-electron chi connectivity index (χ1n) is 8.18. The van der Waals surface area contributed by atoms with Gasteiger partial charge in [-0.1, -0.05) is 38.0 Å². The number of rotatable bonds is 6. The molecule has 0 bridgehead atoms. The normalized spacial score (nSPS) is 16.0. The van der Waals surface area contributed by atoms with Crippen LogP contribution in [0.25, 0.3) is 0 Å². The molecule has 0 aromatic heterocycles. The molecule has 128 valence electrons. The van der Waals surface area contributed by atoms with E-state index in [0.29, 0.717) is 0 Å². The summed E-state index contributed by atoms with van der Waals surface area (Å²) in [5.74, 6) is -0.272. The zero-order valence-electron chi connectivity index (χ0n) is 14.1. The molecule has 5 nitrogen and oxygen atoms in total. The number of carbonyl (C=O) groups is 1. The summed E-state index contributed by atoms with van der Waals surface area (Å²) in [4.78, 5) is 12.4. The maximum Gasteiger partial charge on any atom is 0.239 e. The van der Waals surface area contributed by atoms with E-state index in [1.54, 1.807) is 0 Å². The standard InChI is InChI=1S/C17H26N2O3S/c1-4-14-9-7-8-13(2)17(14)18-16(20)12-19(23(3,21)22)15-10-5-6-11-15/h7-9,15H,4-6,10-12H2,1-3H3,(H,18,20). The van der Waals surface area contributed by atoms with E-state index in [2.05, 4.69) is 5.32 Å². The summed E-state index contributed by atoms with van der Waals surface area (Å²) in [6, 6.07) is 5.84. The number of carbonyl (C=O) groups excluding carboxylic acids is 1. The fourth-order valence-electron chi connectivity index (χ4n) is 3.23. The number of benzene rings is 1. The van der Waals surface area contributed by atoms with Crippen molar-refractivity contribution in [2.45, 2.75) is 52.0 Å². The number of nitrogens with zero attached hydrogens (tertiary/aromatic N) is 1. The Kier molecular flexibility index (Phi) is 5.81. The van der Waals surface area contributed by atoms with Crippen LogP contribution in [-0.4, -0.2) is 37.5 Å². The summed E-state index contributed by atoms with van der Waals surface area (Å²) in [6.07, 6.45) is 5.72. The van der Waals surface area contributed by atoms with E-state index in [9.17, 15) is 13.2 Å². The second kappa shape index (κ2) is 7.45. The highest BCUT2D eigenvalue weighted by molar-refractivity contribution is 7.88. The predicted octanol–water partition coefficient (Wildman–Crippen LogP) is 2.70. The van der Waals surface area contributed by atoms with E-state index in [4.69, 9.17) is 0 Å². The van der Waals surface area contributed by atoms with Gasteiger partial charge in [0.25, 0.3) is 0 Å². The van der Waals surface area contributed by atoms with Gasteiger partial charge in [0.1, 0.15) is 0 Å². The van der Waals surface area contributed by atoms with Gasteiger partial charge < -0.3 is 5.32 Å². The zero-order chi connectivity index (χ0) is 17.0. The monoisotopic (exact) mass is 338 g/mol. The molecular formula is C17H26N2O3S. The Hall–Kier alpha value is -1.40. The van der Waals surface area contributed by atoms with Crippen LogP contribution in [0.15, 0.2) is 18.2 Å². The van der Waals surface area contributed by atoms with Crippen molar-refractivity contribution in [1.29, 1.82) is 0 Å². The third kappa shape index (κ3) is 4.54. The molecule has 0 unspecified atom stereocenters. The molecule has 1 amide bonds. The van der Waals surface area contributed by atoms with Crippen molar-refractivity contribution in [1.82, 2.24) is 4.31 Å². The highest BCUT2D eigenvalue weighted by Crippen LogP contribution is 2.26. The van der Waals surface area contributed by atoms with E-state index < -0.39 is 10.0 Å². The topological polar surface area (TPSA) is 66.5 Å². The number of sulfonamides is 1. The molecule has 1 N–H and O–H groups in total. The number of aryl methyl sites for hydroxylation is 2. The Morgan fingerprint density at radius 2 is 1.96 bits per heavy atom. The lowest BCUT2D eigenvalue weighted by molar-refractivity contribution is -0.116. The highest BCUT2D eigenvalue weighted by Gasteiger charge is 2.31. The quantitative estimate of drug-likeness (QED) is 0.867. The highest BCUT2D eigenvalue weighted by atomic mass is 32.2. The summed E-state index contributed by atoms with van der Waals surface area (Å²) >= 11 is 0. The largest absolute Gasteiger partial charge is 0.324 e. The van der Waals surface area contributed by atoms with Gasteiger partial charge in [0.15, 0.2) is 0 Å². The van der Waals surface area contributed by atoms with Gasteiger partial charge in [-0.2, -0.15) is 4.31 Å². The first kappa shape index (κ1) is 17.9. The van der Waals surface area contributed by atoms with Crippen molar-refractivity contribution in [2.24, 2.45) is 0 Å². The van der Waals surface area contributed by atoms with E-state index >= 15 is 0 Å². The average Bonchev–Trinajstić information content (AvgIpc) is 2.99. The van der Waals surface area contributed by atoms with Crippen molar-refractivity contribution >= 4 is 21.6 Å². The van der Waals surface area contributed by atoms with Gasteiger partial charge in [0.2, 0.25) is 15.9 Å². The van der Waals surface area contributed by atoms with Gasteiger partial charge in [-0.05, 0) is 37.3 Å². The fourth-order valence-corrected chi connectivity index (χ4v) is 4.34. The van der Waals surface area contributed by atoms with Gasteiger partial charge in [-0.15, -0.1) is 0 Å². The SMILES string of the molecule is CCc1cccc(C)c1NC(=O)CN(C1CCCC1)S(C)(=O)=O.